The van der Waals surface area contributed by atoms with Gasteiger partial charge in [-0.3, -0.25) is 4.79 Å². The smallest absolute Gasteiger partial charge is 0.410 e. The van der Waals surface area contributed by atoms with Crippen LogP contribution in [0.4, 0.5) is 4.79 Å². The second-order valence-electron chi connectivity index (χ2n) is 7.74. The predicted molar refractivity (Wildman–Crippen MR) is 90.8 cm³/mol. The molecule has 2 aliphatic heterocycles. The largest absolute Gasteiger partial charge is 0.480 e. The minimum absolute atomic E-state index is 0.186. The summed E-state index contributed by atoms with van der Waals surface area (Å²) in [5, 5.41) is 14.0. The van der Waals surface area contributed by atoms with E-state index in [0.29, 0.717) is 37.2 Å². The summed E-state index contributed by atoms with van der Waals surface area (Å²) in [4.78, 5) is 39.9. The molecule has 0 aliphatic carbocycles. The van der Waals surface area contributed by atoms with Gasteiger partial charge in [0.05, 0.1) is 12.2 Å². The molecule has 0 saturated carbocycles. The fourth-order valence-electron chi connectivity index (χ4n) is 3.28. The number of amides is 2. The number of aliphatic carboxylic acids is 1. The number of fused-ring (bicyclic) bond motifs is 3. The van der Waals surface area contributed by atoms with Crippen LogP contribution in [0.3, 0.4) is 0 Å². The monoisotopic (exact) mass is 364 g/mol. The first-order chi connectivity index (χ1) is 12.1. The van der Waals surface area contributed by atoms with Crippen LogP contribution in [0, 0.1) is 0 Å². The van der Waals surface area contributed by atoms with E-state index in [-0.39, 0.29) is 18.1 Å². The van der Waals surface area contributed by atoms with Gasteiger partial charge in [0.2, 0.25) is 0 Å². The second-order valence-corrected chi connectivity index (χ2v) is 7.74. The molecule has 142 valence electrons. The van der Waals surface area contributed by atoms with Gasteiger partial charge in [-0.2, -0.15) is 5.10 Å². The van der Waals surface area contributed by atoms with Gasteiger partial charge in [-0.1, -0.05) is 0 Å². The number of hydrogen-bond donors (Lipinski definition) is 1. The van der Waals surface area contributed by atoms with Crippen LogP contribution in [0.5, 0.6) is 0 Å². The number of carboxylic acid groups (broad SMARTS) is 1. The van der Waals surface area contributed by atoms with Crippen LogP contribution in [0.15, 0.2) is 0 Å². The van der Waals surface area contributed by atoms with Gasteiger partial charge in [0.25, 0.3) is 5.91 Å². The topological polar surface area (TPSA) is 105 Å². The molecule has 1 atom stereocenters. The van der Waals surface area contributed by atoms with Gasteiger partial charge in [0.15, 0.2) is 6.04 Å². The average Bonchev–Trinajstić information content (AvgIpc) is 2.84. The van der Waals surface area contributed by atoms with E-state index in [1.54, 1.807) is 27.8 Å². The zero-order chi connectivity index (χ0) is 19.2. The van der Waals surface area contributed by atoms with E-state index in [2.05, 4.69) is 5.10 Å². The second kappa shape index (κ2) is 6.30. The molecule has 0 radical (unpaired) electrons. The number of carbonyl (C=O) groups excluding carboxylic acids is 2. The summed E-state index contributed by atoms with van der Waals surface area (Å²) in [6.07, 6.45) is 0.297. The van der Waals surface area contributed by atoms with Crippen molar-refractivity contribution in [1.82, 2.24) is 19.6 Å². The highest BCUT2D eigenvalue weighted by Crippen LogP contribution is 2.30. The lowest BCUT2D eigenvalue weighted by molar-refractivity contribution is -0.141. The average molecular weight is 364 g/mol. The maximum atomic E-state index is 12.8. The van der Waals surface area contributed by atoms with Crippen molar-refractivity contribution >= 4 is 18.0 Å². The predicted octanol–water partition coefficient (Wildman–Crippen LogP) is 1.28. The zero-order valence-corrected chi connectivity index (χ0v) is 15.5. The van der Waals surface area contributed by atoms with Crippen LogP contribution in [0.1, 0.15) is 55.0 Å². The van der Waals surface area contributed by atoms with Crippen molar-refractivity contribution in [3.05, 3.63) is 17.0 Å². The number of hydrogen-bond acceptors (Lipinski definition) is 5. The van der Waals surface area contributed by atoms with Crippen LogP contribution in [0.25, 0.3) is 0 Å². The third kappa shape index (κ3) is 3.25. The highest BCUT2D eigenvalue weighted by atomic mass is 16.6. The number of aromatic nitrogens is 2. The van der Waals surface area contributed by atoms with Crippen molar-refractivity contribution in [2.75, 3.05) is 20.1 Å². The highest BCUT2D eigenvalue weighted by molar-refractivity contribution is 5.95. The summed E-state index contributed by atoms with van der Waals surface area (Å²) in [6, 6.07) is -0.889. The molecule has 9 nitrogen and oxygen atoms in total. The van der Waals surface area contributed by atoms with Crippen molar-refractivity contribution in [2.45, 2.75) is 51.8 Å². The molecule has 2 aliphatic rings. The number of nitrogens with zero attached hydrogens (tertiary/aromatic N) is 4. The van der Waals surface area contributed by atoms with Gasteiger partial charge in [-0.25, -0.2) is 14.3 Å². The van der Waals surface area contributed by atoms with Crippen LogP contribution < -0.4 is 0 Å². The molecule has 0 bridgehead atoms. The molecule has 9 heteroatoms. The number of rotatable bonds is 1. The number of carboxylic acids is 1. The van der Waals surface area contributed by atoms with Gasteiger partial charge in [-0.05, 0) is 27.2 Å². The summed E-state index contributed by atoms with van der Waals surface area (Å²) < 4.78 is 6.75. The molecule has 1 aromatic rings. The Bertz CT molecular complexity index is 764. The molecule has 1 unspecified atom stereocenters. The molecule has 1 aromatic heterocycles. The van der Waals surface area contributed by atoms with Gasteiger partial charge in [0.1, 0.15) is 11.3 Å². The Kier molecular flexibility index (Phi) is 4.41. The van der Waals surface area contributed by atoms with Crippen molar-refractivity contribution in [3.63, 3.8) is 0 Å². The molecule has 1 N–H and O–H groups in total. The Morgan fingerprint density at radius 2 is 1.96 bits per heavy atom. The first-order valence-corrected chi connectivity index (χ1v) is 8.65. The van der Waals surface area contributed by atoms with Gasteiger partial charge in [0, 0.05) is 32.1 Å². The van der Waals surface area contributed by atoms with E-state index in [9.17, 15) is 19.5 Å². The molecule has 26 heavy (non-hydrogen) atoms. The highest BCUT2D eigenvalue weighted by Gasteiger charge is 2.38. The molecular weight excluding hydrogens is 340 g/mol. The van der Waals surface area contributed by atoms with Crippen molar-refractivity contribution in [1.29, 1.82) is 0 Å². The summed E-state index contributed by atoms with van der Waals surface area (Å²) >= 11 is 0. The molecular formula is C17H24N4O5. The quantitative estimate of drug-likeness (QED) is 0.805. The van der Waals surface area contributed by atoms with Gasteiger partial charge < -0.3 is 19.6 Å². The molecule has 0 fully saturated rings. The Labute approximate surface area is 151 Å². The normalized spacial score (nSPS) is 20.3. The standard InChI is InChI=1S/C17H24N4O5/c1-17(2,3)26-16(25)20-8-5-11-10(9-20)13-14(22)19(4)7-6-12(15(23)24)21(13)18-11/h12H,5-9H2,1-4H3,(H,23,24). The lowest BCUT2D eigenvalue weighted by Gasteiger charge is -2.30. The molecule has 0 spiro atoms. The third-order valence-electron chi connectivity index (χ3n) is 4.58. The minimum atomic E-state index is -1.02. The molecule has 3 rings (SSSR count). The van der Waals surface area contributed by atoms with E-state index in [1.807, 2.05) is 0 Å². The minimum Gasteiger partial charge on any atom is -0.480 e. The summed E-state index contributed by atoms with van der Waals surface area (Å²) in [6.45, 7) is 6.32. The summed E-state index contributed by atoms with van der Waals surface area (Å²) in [5.41, 5.74) is 0.944. The third-order valence-corrected chi connectivity index (χ3v) is 4.58. The van der Waals surface area contributed by atoms with Gasteiger partial charge >= 0.3 is 12.1 Å². The Hall–Kier alpha value is -2.58. The Morgan fingerprint density at radius 3 is 2.58 bits per heavy atom. The molecule has 3 heterocycles. The van der Waals surface area contributed by atoms with Crippen molar-refractivity contribution < 1.29 is 24.2 Å². The van der Waals surface area contributed by atoms with E-state index < -0.39 is 23.7 Å². The van der Waals surface area contributed by atoms with Crippen molar-refractivity contribution in [2.24, 2.45) is 0 Å². The van der Waals surface area contributed by atoms with E-state index >= 15 is 0 Å². The first kappa shape index (κ1) is 18.2. The van der Waals surface area contributed by atoms with Crippen LogP contribution >= 0.6 is 0 Å². The maximum Gasteiger partial charge on any atom is 0.410 e. The van der Waals surface area contributed by atoms with Crippen LogP contribution in [-0.4, -0.2) is 68.4 Å². The Balaban J connectivity index is 1.97. The zero-order valence-electron chi connectivity index (χ0n) is 15.5. The fourth-order valence-corrected chi connectivity index (χ4v) is 3.28. The summed E-state index contributed by atoms with van der Waals surface area (Å²) in [7, 11) is 1.64. The molecule has 0 aromatic carbocycles. The molecule has 0 saturated heterocycles. The van der Waals surface area contributed by atoms with E-state index in [0.717, 1.165) is 0 Å². The maximum absolute atomic E-state index is 12.8. The Morgan fingerprint density at radius 1 is 1.27 bits per heavy atom. The first-order valence-electron chi connectivity index (χ1n) is 8.65. The van der Waals surface area contributed by atoms with E-state index in [4.69, 9.17) is 4.74 Å². The van der Waals surface area contributed by atoms with Gasteiger partial charge in [-0.15, -0.1) is 0 Å². The lowest BCUT2D eigenvalue weighted by atomic mass is 10.0. The number of ether oxygens (including phenoxy) is 1. The fraction of sp³-hybridized carbons (Fsp3) is 0.647. The molecule has 2 amide bonds. The lowest BCUT2D eigenvalue weighted by Crippen LogP contribution is -2.40. The van der Waals surface area contributed by atoms with E-state index in [1.165, 1.54) is 14.5 Å². The SMILES string of the molecule is CN1CCC(C(=O)O)n2nc3c(c2C1=O)CN(C(=O)OC(C)(C)C)CC3. The van der Waals surface area contributed by atoms with Crippen LogP contribution in [0.2, 0.25) is 0 Å². The number of carbonyl (C=O) groups is 3. The van der Waals surface area contributed by atoms with Crippen molar-refractivity contribution in [3.8, 4) is 0 Å². The summed E-state index contributed by atoms with van der Waals surface area (Å²) in [5.74, 6) is -1.29. The van der Waals surface area contributed by atoms with Crippen LogP contribution in [-0.2, 0) is 22.5 Å².